The maximum atomic E-state index is 12.7. The van der Waals surface area contributed by atoms with Gasteiger partial charge in [0.15, 0.2) is 11.5 Å². The van der Waals surface area contributed by atoms with Crippen LogP contribution in [-0.2, 0) is 13.0 Å². The highest BCUT2D eigenvalue weighted by molar-refractivity contribution is 5.94. The number of carbonyl (C=O) groups excluding carboxylic acids is 1. The monoisotopic (exact) mass is 475 g/mol. The van der Waals surface area contributed by atoms with Gasteiger partial charge in [0, 0.05) is 18.5 Å². The highest BCUT2D eigenvalue weighted by atomic mass is 16.5. The molecule has 0 saturated carbocycles. The molecule has 0 aliphatic rings. The molecule has 0 unspecified atom stereocenters. The summed E-state index contributed by atoms with van der Waals surface area (Å²) in [5.74, 6) is 3.36. The zero-order valence-corrected chi connectivity index (χ0v) is 20.1. The molecule has 0 spiro atoms. The first-order valence-electron chi connectivity index (χ1n) is 11.3. The van der Waals surface area contributed by atoms with Crippen molar-refractivity contribution in [2.75, 3.05) is 34.5 Å². The number of methoxy groups -OCH3 is 3. The van der Waals surface area contributed by atoms with E-state index in [9.17, 15) is 4.79 Å². The maximum absolute atomic E-state index is 12.7. The molecule has 4 rings (SSSR count). The van der Waals surface area contributed by atoms with Gasteiger partial charge in [-0.1, -0.05) is 12.1 Å². The molecule has 1 amide bonds. The van der Waals surface area contributed by atoms with Crippen LogP contribution in [0, 0.1) is 0 Å². The van der Waals surface area contributed by atoms with E-state index in [1.807, 2.05) is 48.5 Å². The van der Waals surface area contributed by atoms with Crippen molar-refractivity contribution in [3.63, 3.8) is 0 Å². The van der Waals surface area contributed by atoms with Gasteiger partial charge in [0.2, 0.25) is 0 Å². The Morgan fingerprint density at radius 1 is 0.886 bits per heavy atom. The van der Waals surface area contributed by atoms with E-state index >= 15 is 0 Å². The van der Waals surface area contributed by atoms with Crippen LogP contribution in [0.4, 0.5) is 0 Å². The number of carbonyl (C=O) groups is 1. The molecule has 1 heterocycles. The van der Waals surface area contributed by atoms with Crippen LogP contribution < -0.4 is 24.3 Å². The summed E-state index contributed by atoms with van der Waals surface area (Å²) in [5, 5.41) is 2.97. The van der Waals surface area contributed by atoms with E-state index in [-0.39, 0.29) is 5.91 Å². The molecule has 1 N–H and O–H groups in total. The van der Waals surface area contributed by atoms with Crippen LogP contribution in [0.5, 0.6) is 23.0 Å². The molecule has 35 heavy (non-hydrogen) atoms. The Balaban J connectivity index is 1.40. The van der Waals surface area contributed by atoms with Crippen molar-refractivity contribution in [3.8, 4) is 23.0 Å². The lowest BCUT2D eigenvalue weighted by atomic mass is 10.2. The first-order valence-corrected chi connectivity index (χ1v) is 11.3. The zero-order valence-electron chi connectivity index (χ0n) is 20.1. The van der Waals surface area contributed by atoms with Gasteiger partial charge in [0.25, 0.3) is 5.91 Å². The minimum absolute atomic E-state index is 0.184. The van der Waals surface area contributed by atoms with Crippen LogP contribution >= 0.6 is 0 Å². The Hall–Kier alpha value is -4.20. The minimum Gasteiger partial charge on any atom is -0.497 e. The molecule has 0 bridgehead atoms. The lowest BCUT2D eigenvalue weighted by Crippen LogP contribution is -2.26. The summed E-state index contributed by atoms with van der Waals surface area (Å²) >= 11 is 0. The van der Waals surface area contributed by atoms with Gasteiger partial charge in [-0.05, 0) is 54.6 Å². The lowest BCUT2D eigenvalue weighted by Gasteiger charge is -2.12. The summed E-state index contributed by atoms with van der Waals surface area (Å²) < 4.78 is 23.8. The predicted molar refractivity (Wildman–Crippen MR) is 134 cm³/mol. The second-order valence-electron chi connectivity index (χ2n) is 7.77. The van der Waals surface area contributed by atoms with Gasteiger partial charge in [0.1, 0.15) is 23.9 Å². The Morgan fingerprint density at radius 3 is 2.37 bits per heavy atom. The Morgan fingerprint density at radius 2 is 1.63 bits per heavy atom. The minimum atomic E-state index is -0.184. The molecule has 0 aliphatic carbocycles. The number of hydrogen-bond donors (Lipinski definition) is 1. The van der Waals surface area contributed by atoms with Gasteiger partial charge in [-0.15, -0.1) is 0 Å². The van der Waals surface area contributed by atoms with Gasteiger partial charge >= 0.3 is 0 Å². The molecule has 0 saturated heterocycles. The Labute approximate surface area is 204 Å². The molecule has 0 aliphatic heterocycles. The van der Waals surface area contributed by atoms with E-state index in [4.69, 9.17) is 23.9 Å². The molecule has 1 aromatic heterocycles. The maximum Gasteiger partial charge on any atom is 0.251 e. The zero-order chi connectivity index (χ0) is 24.6. The first kappa shape index (κ1) is 23.9. The van der Waals surface area contributed by atoms with Crippen LogP contribution in [0.2, 0.25) is 0 Å². The fourth-order valence-corrected chi connectivity index (χ4v) is 3.86. The van der Waals surface area contributed by atoms with Gasteiger partial charge in [-0.3, -0.25) is 4.79 Å². The third-order valence-electron chi connectivity index (χ3n) is 5.66. The summed E-state index contributed by atoms with van der Waals surface area (Å²) in [4.78, 5) is 17.5. The quantitative estimate of drug-likeness (QED) is 0.351. The number of ether oxygens (including phenoxy) is 4. The van der Waals surface area contributed by atoms with Crippen molar-refractivity contribution in [3.05, 3.63) is 78.1 Å². The largest absolute Gasteiger partial charge is 0.497 e. The number of rotatable bonds is 11. The van der Waals surface area contributed by atoms with Crippen LogP contribution in [0.15, 0.2) is 66.7 Å². The van der Waals surface area contributed by atoms with Gasteiger partial charge in [-0.2, -0.15) is 0 Å². The number of nitrogens with one attached hydrogen (secondary N) is 1. The van der Waals surface area contributed by atoms with Gasteiger partial charge in [0.05, 0.1) is 38.9 Å². The van der Waals surface area contributed by atoms with Crippen LogP contribution in [-0.4, -0.2) is 49.9 Å². The number of amides is 1. The molecule has 3 aromatic carbocycles. The van der Waals surface area contributed by atoms with E-state index in [0.29, 0.717) is 43.2 Å². The second-order valence-corrected chi connectivity index (χ2v) is 7.77. The fraction of sp³-hybridized carbons (Fsp3) is 0.259. The third-order valence-corrected chi connectivity index (χ3v) is 5.66. The normalized spacial score (nSPS) is 10.7. The molecule has 8 heteroatoms. The highest BCUT2D eigenvalue weighted by Crippen LogP contribution is 2.27. The van der Waals surface area contributed by atoms with Crippen LogP contribution in [0.3, 0.4) is 0 Å². The average molecular weight is 476 g/mol. The molecular formula is C27H29N3O5. The third kappa shape index (κ3) is 5.66. The number of benzene rings is 3. The number of hydrogen-bond acceptors (Lipinski definition) is 6. The Bertz CT molecular complexity index is 1280. The van der Waals surface area contributed by atoms with E-state index in [2.05, 4.69) is 9.88 Å². The number of para-hydroxylation sites is 2. The number of aromatic nitrogens is 2. The number of nitrogens with zero attached hydrogens (tertiary/aromatic N) is 2. The molecule has 0 fully saturated rings. The fourth-order valence-electron chi connectivity index (χ4n) is 3.86. The SMILES string of the molecule is COc1ccc(OCCn2c(CCNC(=O)c3ccc(OC)c(OC)c3)nc3ccccc32)cc1. The predicted octanol–water partition coefficient (Wildman–Crippen LogP) is 4.11. The summed E-state index contributed by atoms with van der Waals surface area (Å²) in [7, 11) is 4.74. The second kappa shape index (κ2) is 11.3. The number of fused-ring (bicyclic) bond motifs is 1. The van der Waals surface area contributed by atoms with Gasteiger partial charge < -0.3 is 28.8 Å². The van der Waals surface area contributed by atoms with Gasteiger partial charge in [-0.25, -0.2) is 4.98 Å². The van der Waals surface area contributed by atoms with E-state index in [0.717, 1.165) is 28.4 Å². The molecule has 182 valence electrons. The molecule has 8 nitrogen and oxygen atoms in total. The standard InChI is InChI=1S/C27H29N3O5/c1-32-20-9-11-21(12-10-20)35-17-16-30-23-7-5-4-6-22(23)29-26(30)14-15-28-27(31)19-8-13-24(33-2)25(18-19)34-3/h4-13,18H,14-17H2,1-3H3,(H,28,31). The summed E-state index contributed by atoms with van der Waals surface area (Å²) in [6.07, 6.45) is 0.580. The van der Waals surface area contributed by atoms with Crippen molar-refractivity contribution in [1.29, 1.82) is 0 Å². The topological polar surface area (TPSA) is 83.8 Å². The summed E-state index contributed by atoms with van der Waals surface area (Å²) in [5.41, 5.74) is 2.45. The highest BCUT2D eigenvalue weighted by Gasteiger charge is 2.13. The van der Waals surface area contributed by atoms with E-state index in [1.54, 1.807) is 39.5 Å². The van der Waals surface area contributed by atoms with Crippen molar-refractivity contribution < 1.29 is 23.7 Å². The molecule has 0 radical (unpaired) electrons. The van der Waals surface area contributed by atoms with E-state index < -0.39 is 0 Å². The average Bonchev–Trinajstić information content (AvgIpc) is 3.25. The molecular weight excluding hydrogens is 446 g/mol. The smallest absolute Gasteiger partial charge is 0.251 e. The van der Waals surface area contributed by atoms with Crippen molar-refractivity contribution in [2.24, 2.45) is 0 Å². The molecule has 0 atom stereocenters. The summed E-state index contributed by atoms with van der Waals surface area (Å²) in [6, 6.07) is 20.6. The van der Waals surface area contributed by atoms with E-state index in [1.165, 1.54) is 0 Å². The summed E-state index contributed by atoms with van der Waals surface area (Å²) in [6.45, 7) is 1.55. The first-order chi connectivity index (χ1) is 17.1. The van der Waals surface area contributed by atoms with Crippen LogP contribution in [0.1, 0.15) is 16.2 Å². The molecule has 4 aromatic rings. The van der Waals surface area contributed by atoms with Crippen LogP contribution in [0.25, 0.3) is 11.0 Å². The Kier molecular flexibility index (Phi) is 7.72. The lowest BCUT2D eigenvalue weighted by molar-refractivity contribution is 0.0953. The van der Waals surface area contributed by atoms with Crippen molar-refractivity contribution in [2.45, 2.75) is 13.0 Å². The van der Waals surface area contributed by atoms with Crippen molar-refractivity contribution in [1.82, 2.24) is 14.9 Å². The van der Waals surface area contributed by atoms with Crippen molar-refractivity contribution >= 4 is 16.9 Å². The number of imidazole rings is 1.